The second-order valence-corrected chi connectivity index (χ2v) is 7.61. The largest absolute Gasteiger partial charge is 0.288 e. The van der Waals surface area contributed by atoms with Gasteiger partial charge in [0.25, 0.3) is 11.6 Å². The molecule has 8 heteroatoms. The Kier molecular flexibility index (Phi) is 5.20. The number of nitro benzene ring substituents is 1. The maximum absolute atomic E-state index is 13.1. The van der Waals surface area contributed by atoms with E-state index >= 15 is 0 Å². The third kappa shape index (κ3) is 3.68. The van der Waals surface area contributed by atoms with E-state index < -0.39 is 4.92 Å². The van der Waals surface area contributed by atoms with Gasteiger partial charge in [-0.2, -0.15) is 0 Å². The molecule has 0 saturated carbocycles. The van der Waals surface area contributed by atoms with Crippen molar-refractivity contribution in [1.29, 1.82) is 0 Å². The first-order chi connectivity index (χ1) is 12.4. The zero-order valence-corrected chi connectivity index (χ0v) is 15.8. The highest BCUT2D eigenvalue weighted by atomic mass is 35.5. The van der Waals surface area contributed by atoms with Gasteiger partial charge in [0.15, 0.2) is 5.13 Å². The van der Waals surface area contributed by atoms with Crippen LogP contribution < -0.4 is 4.90 Å². The Morgan fingerprint density at radius 3 is 2.69 bits per heavy atom. The standard InChI is InChI=1S/C18H16ClN3O3S/c1-11(2)10-21(18-20-14-5-3-4-6-16(14)26-18)17(23)12-7-8-13(19)15(9-12)22(24)25/h3-9,11H,10H2,1-2H3. The number of halogens is 1. The van der Waals surface area contributed by atoms with Crippen LogP contribution in [0.5, 0.6) is 0 Å². The molecule has 0 aliphatic carbocycles. The van der Waals surface area contributed by atoms with Gasteiger partial charge >= 0.3 is 0 Å². The van der Waals surface area contributed by atoms with Crippen LogP contribution in [0.3, 0.4) is 0 Å². The number of benzene rings is 2. The molecular formula is C18H16ClN3O3S. The number of nitro groups is 1. The summed E-state index contributed by atoms with van der Waals surface area (Å²) in [5.41, 5.74) is 0.739. The van der Waals surface area contributed by atoms with Gasteiger partial charge in [-0.05, 0) is 30.2 Å². The van der Waals surface area contributed by atoms with Crippen molar-refractivity contribution in [2.75, 3.05) is 11.4 Å². The number of carbonyl (C=O) groups is 1. The Balaban J connectivity index is 2.03. The fraction of sp³-hybridized carbons (Fsp3) is 0.222. The maximum Gasteiger partial charge on any atom is 0.288 e. The topological polar surface area (TPSA) is 76.3 Å². The van der Waals surface area contributed by atoms with Gasteiger partial charge < -0.3 is 0 Å². The van der Waals surface area contributed by atoms with E-state index in [-0.39, 0.29) is 28.1 Å². The lowest BCUT2D eigenvalue weighted by Gasteiger charge is -2.22. The molecule has 1 heterocycles. The SMILES string of the molecule is CC(C)CN(C(=O)c1ccc(Cl)c([N+](=O)[O-])c1)c1nc2ccccc2s1. The first-order valence-electron chi connectivity index (χ1n) is 7.98. The normalized spacial score (nSPS) is 11.1. The summed E-state index contributed by atoms with van der Waals surface area (Å²) in [5, 5.41) is 11.7. The summed E-state index contributed by atoms with van der Waals surface area (Å²) >= 11 is 7.27. The molecule has 0 saturated heterocycles. The van der Waals surface area contributed by atoms with Gasteiger partial charge in [0.1, 0.15) is 5.02 Å². The molecule has 2 aromatic carbocycles. The van der Waals surface area contributed by atoms with Crippen LogP contribution in [0, 0.1) is 16.0 Å². The Morgan fingerprint density at radius 1 is 1.31 bits per heavy atom. The van der Waals surface area contributed by atoms with Crippen LogP contribution in [0.25, 0.3) is 10.2 Å². The van der Waals surface area contributed by atoms with Gasteiger partial charge in [0.2, 0.25) is 0 Å². The van der Waals surface area contributed by atoms with Gasteiger partial charge in [-0.3, -0.25) is 19.8 Å². The summed E-state index contributed by atoms with van der Waals surface area (Å²) in [5.74, 6) is -0.134. The average molecular weight is 390 g/mol. The van der Waals surface area contributed by atoms with Gasteiger partial charge in [-0.15, -0.1) is 0 Å². The molecule has 1 amide bonds. The fourth-order valence-corrected chi connectivity index (χ4v) is 3.69. The minimum atomic E-state index is -0.594. The summed E-state index contributed by atoms with van der Waals surface area (Å²) in [6.45, 7) is 4.45. The third-order valence-electron chi connectivity index (χ3n) is 3.70. The number of anilines is 1. The highest BCUT2D eigenvalue weighted by Gasteiger charge is 2.24. The minimum absolute atomic E-state index is 0.00180. The number of fused-ring (bicyclic) bond motifs is 1. The van der Waals surface area contributed by atoms with Crippen molar-refractivity contribution in [1.82, 2.24) is 4.98 Å². The first kappa shape index (κ1) is 18.3. The van der Waals surface area contributed by atoms with Crippen LogP contribution >= 0.6 is 22.9 Å². The molecule has 3 rings (SSSR count). The Labute approximate surface area is 159 Å². The molecule has 0 fully saturated rings. The minimum Gasteiger partial charge on any atom is -0.284 e. The van der Waals surface area contributed by atoms with Gasteiger partial charge in [-0.25, -0.2) is 4.98 Å². The number of aromatic nitrogens is 1. The number of amides is 1. The molecule has 0 aliphatic heterocycles. The number of thiazole rings is 1. The monoisotopic (exact) mass is 389 g/mol. The van der Waals surface area contributed by atoms with Gasteiger partial charge in [0, 0.05) is 18.2 Å². The number of nitrogens with zero attached hydrogens (tertiary/aromatic N) is 3. The third-order valence-corrected chi connectivity index (χ3v) is 5.08. The van der Waals surface area contributed by atoms with Crippen LogP contribution in [0.2, 0.25) is 5.02 Å². The van der Waals surface area contributed by atoms with E-state index in [9.17, 15) is 14.9 Å². The molecule has 0 radical (unpaired) electrons. The smallest absolute Gasteiger partial charge is 0.284 e. The van der Waals surface area contributed by atoms with E-state index in [1.807, 2.05) is 38.1 Å². The number of para-hydroxylation sites is 1. The van der Waals surface area contributed by atoms with E-state index in [0.29, 0.717) is 11.7 Å². The number of hydrogen-bond donors (Lipinski definition) is 0. The van der Waals surface area contributed by atoms with Crippen molar-refractivity contribution in [2.24, 2.45) is 5.92 Å². The van der Waals surface area contributed by atoms with Gasteiger partial charge in [-0.1, -0.05) is 48.9 Å². The Hall–Kier alpha value is -2.51. The predicted octanol–water partition coefficient (Wildman–Crippen LogP) is 5.16. The number of hydrogen-bond acceptors (Lipinski definition) is 5. The molecule has 0 aliphatic rings. The number of rotatable bonds is 5. The Bertz CT molecular complexity index is 954. The number of carbonyl (C=O) groups excluding carboxylic acids is 1. The van der Waals surface area contributed by atoms with Crippen LogP contribution in [0.1, 0.15) is 24.2 Å². The van der Waals surface area contributed by atoms with Crippen molar-refractivity contribution < 1.29 is 9.72 Å². The van der Waals surface area contributed by atoms with Crippen LogP contribution in [-0.2, 0) is 0 Å². The predicted molar refractivity (Wildman–Crippen MR) is 104 cm³/mol. The van der Waals surface area contributed by atoms with Crippen molar-refractivity contribution >= 4 is 49.9 Å². The van der Waals surface area contributed by atoms with Crippen molar-refractivity contribution in [3.05, 3.63) is 63.2 Å². The lowest BCUT2D eigenvalue weighted by atomic mass is 10.1. The summed E-state index contributed by atoms with van der Waals surface area (Å²) < 4.78 is 0.978. The molecule has 3 aromatic rings. The lowest BCUT2D eigenvalue weighted by molar-refractivity contribution is -0.384. The van der Waals surface area contributed by atoms with Gasteiger partial charge in [0.05, 0.1) is 15.1 Å². The lowest BCUT2D eigenvalue weighted by Crippen LogP contribution is -2.34. The second-order valence-electron chi connectivity index (χ2n) is 6.20. The summed E-state index contributed by atoms with van der Waals surface area (Å²) in [4.78, 5) is 29.7. The highest BCUT2D eigenvalue weighted by molar-refractivity contribution is 7.22. The zero-order chi connectivity index (χ0) is 18.8. The average Bonchev–Trinajstić information content (AvgIpc) is 3.03. The van der Waals surface area contributed by atoms with E-state index in [1.54, 1.807) is 4.90 Å². The van der Waals surface area contributed by atoms with E-state index in [1.165, 1.54) is 29.5 Å². The molecule has 0 bridgehead atoms. The summed E-state index contributed by atoms with van der Waals surface area (Å²) in [7, 11) is 0. The molecule has 1 aromatic heterocycles. The van der Waals surface area contributed by atoms with E-state index in [2.05, 4.69) is 4.98 Å². The maximum atomic E-state index is 13.1. The highest BCUT2D eigenvalue weighted by Crippen LogP contribution is 2.31. The molecule has 0 unspecified atom stereocenters. The molecule has 0 atom stereocenters. The molecule has 26 heavy (non-hydrogen) atoms. The zero-order valence-electron chi connectivity index (χ0n) is 14.2. The molecule has 0 N–H and O–H groups in total. The van der Waals surface area contributed by atoms with Crippen LogP contribution in [-0.4, -0.2) is 22.4 Å². The van der Waals surface area contributed by atoms with E-state index in [0.717, 1.165) is 10.2 Å². The van der Waals surface area contributed by atoms with Crippen molar-refractivity contribution in [3.8, 4) is 0 Å². The first-order valence-corrected chi connectivity index (χ1v) is 9.17. The van der Waals surface area contributed by atoms with E-state index in [4.69, 9.17) is 11.6 Å². The van der Waals surface area contributed by atoms with Crippen LogP contribution in [0.4, 0.5) is 10.8 Å². The molecular weight excluding hydrogens is 374 g/mol. The van der Waals surface area contributed by atoms with Crippen molar-refractivity contribution in [3.63, 3.8) is 0 Å². The van der Waals surface area contributed by atoms with Crippen LogP contribution in [0.15, 0.2) is 42.5 Å². The molecule has 134 valence electrons. The fourth-order valence-electron chi connectivity index (χ4n) is 2.53. The quantitative estimate of drug-likeness (QED) is 0.446. The molecule has 6 nitrogen and oxygen atoms in total. The summed E-state index contributed by atoms with van der Waals surface area (Å²) in [6.07, 6.45) is 0. The second kappa shape index (κ2) is 7.39. The molecule has 0 spiro atoms. The Morgan fingerprint density at radius 2 is 2.04 bits per heavy atom. The summed E-state index contributed by atoms with van der Waals surface area (Å²) in [6, 6.07) is 11.7. The van der Waals surface area contributed by atoms with Crippen molar-refractivity contribution in [2.45, 2.75) is 13.8 Å².